The highest BCUT2D eigenvalue weighted by molar-refractivity contribution is 5.22. The van der Waals surface area contributed by atoms with Crippen molar-refractivity contribution in [1.82, 2.24) is 0 Å². The van der Waals surface area contributed by atoms with E-state index in [4.69, 9.17) is 0 Å². The van der Waals surface area contributed by atoms with Crippen LogP contribution in [0.15, 0.2) is 23.8 Å². The molecule has 0 saturated carbocycles. The Hall–Kier alpha value is -0.520. The Morgan fingerprint density at radius 3 is 2.33 bits per heavy atom. The standard InChI is InChI=1S/C12H20/c1-9(2)11-7-5-6-8-12(11)10(3)4/h5-7,9-10,12H,8H2,1-4H3. The van der Waals surface area contributed by atoms with Gasteiger partial charge in [0.1, 0.15) is 0 Å². The quantitative estimate of drug-likeness (QED) is 0.582. The van der Waals surface area contributed by atoms with Crippen molar-refractivity contribution in [3.05, 3.63) is 23.8 Å². The zero-order valence-corrected chi connectivity index (χ0v) is 8.67. The van der Waals surface area contributed by atoms with Crippen LogP contribution in [-0.4, -0.2) is 0 Å². The van der Waals surface area contributed by atoms with Crippen LogP contribution in [0.5, 0.6) is 0 Å². The lowest BCUT2D eigenvalue weighted by atomic mass is 9.78. The van der Waals surface area contributed by atoms with Crippen LogP contribution in [0.3, 0.4) is 0 Å². The third-order valence-corrected chi connectivity index (χ3v) is 2.71. The minimum absolute atomic E-state index is 0.711. The molecule has 0 N–H and O–H groups in total. The van der Waals surface area contributed by atoms with E-state index in [1.165, 1.54) is 6.42 Å². The van der Waals surface area contributed by atoms with Gasteiger partial charge in [-0.3, -0.25) is 0 Å². The third-order valence-electron chi connectivity index (χ3n) is 2.71. The van der Waals surface area contributed by atoms with Gasteiger partial charge < -0.3 is 0 Å². The summed E-state index contributed by atoms with van der Waals surface area (Å²) in [7, 11) is 0. The summed E-state index contributed by atoms with van der Waals surface area (Å²) in [5.41, 5.74) is 1.63. The van der Waals surface area contributed by atoms with E-state index in [1.54, 1.807) is 5.57 Å². The first kappa shape index (κ1) is 9.57. The molecule has 0 bridgehead atoms. The molecule has 0 aromatic carbocycles. The van der Waals surface area contributed by atoms with Crippen LogP contribution in [0, 0.1) is 17.8 Å². The molecule has 0 spiro atoms. The Morgan fingerprint density at radius 2 is 1.92 bits per heavy atom. The number of rotatable bonds is 2. The van der Waals surface area contributed by atoms with Gasteiger partial charge in [0, 0.05) is 0 Å². The van der Waals surface area contributed by atoms with Gasteiger partial charge in [0.15, 0.2) is 0 Å². The third kappa shape index (κ3) is 2.00. The van der Waals surface area contributed by atoms with Gasteiger partial charge in [0.25, 0.3) is 0 Å². The fraction of sp³-hybridized carbons (Fsp3) is 0.667. The molecule has 0 radical (unpaired) electrons. The van der Waals surface area contributed by atoms with E-state index in [0.29, 0.717) is 5.92 Å². The number of allylic oxidation sites excluding steroid dienone is 4. The Labute approximate surface area is 76.4 Å². The zero-order valence-electron chi connectivity index (χ0n) is 8.67. The first-order valence-electron chi connectivity index (χ1n) is 4.99. The van der Waals surface area contributed by atoms with Gasteiger partial charge >= 0.3 is 0 Å². The van der Waals surface area contributed by atoms with Crippen molar-refractivity contribution >= 4 is 0 Å². The molecule has 1 aliphatic carbocycles. The largest absolute Gasteiger partial charge is 0.0839 e. The van der Waals surface area contributed by atoms with Crippen LogP contribution >= 0.6 is 0 Å². The van der Waals surface area contributed by atoms with E-state index in [0.717, 1.165) is 11.8 Å². The van der Waals surface area contributed by atoms with Crippen molar-refractivity contribution in [2.24, 2.45) is 17.8 Å². The summed E-state index contributed by atoms with van der Waals surface area (Å²) in [4.78, 5) is 0. The molecule has 0 saturated heterocycles. The second kappa shape index (κ2) is 3.93. The van der Waals surface area contributed by atoms with Gasteiger partial charge in [-0.15, -0.1) is 0 Å². The zero-order chi connectivity index (χ0) is 9.14. The van der Waals surface area contributed by atoms with E-state index in [9.17, 15) is 0 Å². The summed E-state index contributed by atoms with van der Waals surface area (Å²) in [6.07, 6.45) is 8.03. The fourth-order valence-electron chi connectivity index (χ4n) is 1.94. The Kier molecular flexibility index (Phi) is 3.13. The first-order chi connectivity index (χ1) is 5.63. The molecule has 1 rings (SSSR count). The summed E-state index contributed by atoms with van der Waals surface area (Å²) in [5, 5.41) is 0. The van der Waals surface area contributed by atoms with E-state index >= 15 is 0 Å². The molecular weight excluding hydrogens is 144 g/mol. The maximum absolute atomic E-state index is 2.32. The maximum Gasteiger partial charge on any atom is -0.0140 e. The normalized spacial score (nSPS) is 23.5. The molecule has 1 aliphatic rings. The molecule has 0 aromatic heterocycles. The van der Waals surface area contributed by atoms with Crippen LogP contribution in [0.2, 0.25) is 0 Å². The Balaban J connectivity index is 2.77. The van der Waals surface area contributed by atoms with Crippen molar-refractivity contribution in [3.8, 4) is 0 Å². The van der Waals surface area contributed by atoms with Gasteiger partial charge in [-0.2, -0.15) is 0 Å². The fourth-order valence-corrected chi connectivity index (χ4v) is 1.94. The van der Waals surface area contributed by atoms with Crippen LogP contribution in [0.25, 0.3) is 0 Å². The van der Waals surface area contributed by atoms with Crippen LogP contribution < -0.4 is 0 Å². The van der Waals surface area contributed by atoms with Gasteiger partial charge in [0.05, 0.1) is 0 Å². The minimum atomic E-state index is 0.711. The molecule has 0 fully saturated rings. The van der Waals surface area contributed by atoms with E-state index in [-0.39, 0.29) is 0 Å². The van der Waals surface area contributed by atoms with E-state index in [1.807, 2.05) is 0 Å². The van der Waals surface area contributed by atoms with E-state index < -0.39 is 0 Å². The predicted molar refractivity (Wildman–Crippen MR) is 55.0 cm³/mol. The number of hydrogen-bond acceptors (Lipinski definition) is 0. The van der Waals surface area contributed by atoms with Gasteiger partial charge in [-0.1, -0.05) is 51.5 Å². The average Bonchev–Trinajstić information content (AvgIpc) is 2.04. The highest BCUT2D eigenvalue weighted by Crippen LogP contribution is 2.32. The monoisotopic (exact) mass is 164 g/mol. The smallest absolute Gasteiger partial charge is 0.0140 e. The lowest BCUT2D eigenvalue weighted by Crippen LogP contribution is -2.16. The molecule has 0 aromatic rings. The Morgan fingerprint density at radius 1 is 1.25 bits per heavy atom. The predicted octanol–water partition coefficient (Wildman–Crippen LogP) is 3.80. The van der Waals surface area contributed by atoms with Crippen molar-refractivity contribution in [1.29, 1.82) is 0 Å². The highest BCUT2D eigenvalue weighted by Gasteiger charge is 2.20. The summed E-state index contributed by atoms with van der Waals surface area (Å²) in [6.45, 7) is 9.22. The molecule has 1 atom stereocenters. The minimum Gasteiger partial charge on any atom is -0.0839 e. The molecule has 0 nitrogen and oxygen atoms in total. The van der Waals surface area contributed by atoms with Crippen molar-refractivity contribution in [2.45, 2.75) is 34.1 Å². The summed E-state index contributed by atoms with van der Waals surface area (Å²) < 4.78 is 0. The molecule has 12 heavy (non-hydrogen) atoms. The first-order valence-corrected chi connectivity index (χ1v) is 4.99. The Bertz CT molecular complexity index is 194. The summed E-state index contributed by atoms with van der Waals surface area (Å²) >= 11 is 0. The van der Waals surface area contributed by atoms with Gasteiger partial charge in [0.2, 0.25) is 0 Å². The molecule has 1 unspecified atom stereocenters. The van der Waals surface area contributed by atoms with Crippen molar-refractivity contribution < 1.29 is 0 Å². The molecule has 68 valence electrons. The average molecular weight is 164 g/mol. The highest BCUT2D eigenvalue weighted by atomic mass is 14.2. The van der Waals surface area contributed by atoms with Crippen LogP contribution in [-0.2, 0) is 0 Å². The van der Waals surface area contributed by atoms with E-state index in [2.05, 4.69) is 45.9 Å². The molecule has 0 amide bonds. The van der Waals surface area contributed by atoms with Gasteiger partial charge in [-0.25, -0.2) is 0 Å². The van der Waals surface area contributed by atoms with Gasteiger partial charge in [-0.05, 0) is 24.2 Å². The second-order valence-corrected chi connectivity index (χ2v) is 4.34. The molecule has 0 heteroatoms. The topological polar surface area (TPSA) is 0 Å². The molecular formula is C12H20. The summed E-state index contributed by atoms with van der Waals surface area (Å²) in [6, 6.07) is 0. The SMILES string of the molecule is CC(C)C1=CC=CCC1C(C)C. The maximum atomic E-state index is 2.32. The van der Waals surface area contributed by atoms with Crippen LogP contribution in [0.1, 0.15) is 34.1 Å². The van der Waals surface area contributed by atoms with Crippen LogP contribution in [0.4, 0.5) is 0 Å². The second-order valence-electron chi connectivity index (χ2n) is 4.34. The lowest BCUT2D eigenvalue weighted by Gasteiger charge is -2.27. The van der Waals surface area contributed by atoms with Crippen molar-refractivity contribution in [2.75, 3.05) is 0 Å². The number of hydrogen-bond donors (Lipinski definition) is 0. The molecule has 0 aliphatic heterocycles. The molecule has 0 heterocycles. The summed E-state index contributed by atoms with van der Waals surface area (Å²) in [5.74, 6) is 2.28. The lowest BCUT2D eigenvalue weighted by molar-refractivity contribution is 0.411. The van der Waals surface area contributed by atoms with Crippen molar-refractivity contribution in [3.63, 3.8) is 0 Å².